The Morgan fingerprint density at radius 3 is 2.50 bits per heavy atom. The molecule has 0 unspecified atom stereocenters. The standard InChI is InChI=1S/C26H24N4O2/c1-17-7-9-18(10-8-17)16-30-25(28-23-6-4-3-5-21(23)26(30)31)22-15-27-29-24(22)19-11-13-20(32-2)14-12-19/h3-15,25,28H,16H2,1-2H3,(H,27,29)/t25-/m1/s1. The molecule has 5 rings (SSSR count). The first kappa shape index (κ1) is 19.9. The number of H-pyrrole nitrogens is 1. The van der Waals surface area contributed by atoms with Crippen molar-refractivity contribution < 1.29 is 9.53 Å². The summed E-state index contributed by atoms with van der Waals surface area (Å²) >= 11 is 0. The number of ether oxygens (including phenoxy) is 1. The third kappa shape index (κ3) is 3.60. The molecule has 0 fully saturated rings. The van der Waals surface area contributed by atoms with Crippen molar-refractivity contribution in [1.82, 2.24) is 15.1 Å². The maximum atomic E-state index is 13.6. The predicted octanol–water partition coefficient (Wildman–Crippen LogP) is 5.16. The number of benzene rings is 3. The van der Waals surface area contributed by atoms with E-state index in [-0.39, 0.29) is 12.1 Å². The lowest BCUT2D eigenvalue weighted by Gasteiger charge is -2.38. The van der Waals surface area contributed by atoms with Gasteiger partial charge in [0.05, 0.1) is 24.6 Å². The van der Waals surface area contributed by atoms with Gasteiger partial charge in [0, 0.05) is 23.4 Å². The first-order chi connectivity index (χ1) is 15.6. The van der Waals surface area contributed by atoms with Gasteiger partial charge in [-0.2, -0.15) is 5.10 Å². The lowest BCUT2D eigenvalue weighted by molar-refractivity contribution is 0.0667. The lowest BCUT2D eigenvalue weighted by atomic mass is 10.00. The molecule has 6 heteroatoms. The van der Waals surface area contributed by atoms with Crippen LogP contribution >= 0.6 is 0 Å². The van der Waals surface area contributed by atoms with Crippen molar-refractivity contribution in [3.63, 3.8) is 0 Å². The number of amides is 1. The molecule has 160 valence electrons. The maximum absolute atomic E-state index is 13.6. The van der Waals surface area contributed by atoms with Crippen molar-refractivity contribution >= 4 is 11.6 Å². The van der Waals surface area contributed by atoms with Crippen LogP contribution in [-0.4, -0.2) is 28.1 Å². The Hall–Kier alpha value is -4.06. The van der Waals surface area contributed by atoms with Gasteiger partial charge in [-0.15, -0.1) is 0 Å². The zero-order valence-corrected chi connectivity index (χ0v) is 18.0. The van der Waals surface area contributed by atoms with Crippen LogP contribution in [-0.2, 0) is 6.54 Å². The second-order valence-electron chi connectivity index (χ2n) is 7.94. The van der Waals surface area contributed by atoms with Crippen LogP contribution in [0.1, 0.15) is 33.2 Å². The molecule has 0 spiro atoms. The van der Waals surface area contributed by atoms with Gasteiger partial charge < -0.3 is 15.0 Å². The third-order valence-corrected chi connectivity index (χ3v) is 5.84. The molecule has 0 saturated heterocycles. The number of aromatic nitrogens is 2. The SMILES string of the molecule is COc1ccc(-c2[nH]ncc2[C@@H]2Nc3ccccc3C(=O)N2Cc2ccc(C)cc2)cc1. The number of carbonyl (C=O) groups excluding carboxylic acids is 1. The van der Waals surface area contributed by atoms with Gasteiger partial charge in [0.2, 0.25) is 0 Å². The van der Waals surface area contributed by atoms with Crippen LogP contribution in [0.4, 0.5) is 5.69 Å². The molecule has 6 nitrogen and oxygen atoms in total. The predicted molar refractivity (Wildman–Crippen MR) is 124 cm³/mol. The molecule has 1 aliphatic heterocycles. The number of rotatable bonds is 5. The number of para-hydroxylation sites is 1. The minimum atomic E-state index is -0.366. The Morgan fingerprint density at radius 1 is 1.00 bits per heavy atom. The highest BCUT2D eigenvalue weighted by Crippen LogP contribution is 2.37. The molecule has 32 heavy (non-hydrogen) atoms. The summed E-state index contributed by atoms with van der Waals surface area (Å²) in [6, 6.07) is 23.7. The van der Waals surface area contributed by atoms with E-state index in [9.17, 15) is 4.79 Å². The number of hydrogen-bond donors (Lipinski definition) is 2. The second-order valence-corrected chi connectivity index (χ2v) is 7.94. The summed E-state index contributed by atoms with van der Waals surface area (Å²) in [6.07, 6.45) is 1.43. The fourth-order valence-electron chi connectivity index (χ4n) is 4.08. The van der Waals surface area contributed by atoms with Crippen molar-refractivity contribution in [1.29, 1.82) is 0 Å². The number of carbonyl (C=O) groups is 1. The normalized spacial score (nSPS) is 15.2. The van der Waals surface area contributed by atoms with Gasteiger partial charge in [-0.25, -0.2) is 0 Å². The van der Waals surface area contributed by atoms with Gasteiger partial charge in [0.1, 0.15) is 11.9 Å². The Bertz CT molecular complexity index is 1250. The first-order valence-electron chi connectivity index (χ1n) is 10.5. The van der Waals surface area contributed by atoms with Crippen LogP contribution in [0, 0.1) is 6.92 Å². The largest absolute Gasteiger partial charge is 0.497 e. The number of aromatic amines is 1. The van der Waals surface area contributed by atoms with Crippen molar-refractivity contribution in [2.75, 3.05) is 12.4 Å². The number of nitrogens with zero attached hydrogens (tertiary/aromatic N) is 2. The van der Waals surface area contributed by atoms with Crippen LogP contribution in [0.15, 0.2) is 79.0 Å². The van der Waals surface area contributed by atoms with Crippen LogP contribution < -0.4 is 10.1 Å². The monoisotopic (exact) mass is 424 g/mol. The minimum Gasteiger partial charge on any atom is -0.497 e. The summed E-state index contributed by atoms with van der Waals surface area (Å²) in [5.74, 6) is 0.780. The summed E-state index contributed by atoms with van der Waals surface area (Å²) < 4.78 is 5.29. The zero-order valence-electron chi connectivity index (χ0n) is 18.0. The highest BCUT2D eigenvalue weighted by Gasteiger charge is 2.34. The van der Waals surface area contributed by atoms with Crippen LogP contribution in [0.3, 0.4) is 0 Å². The summed E-state index contributed by atoms with van der Waals surface area (Å²) in [4.78, 5) is 15.4. The Morgan fingerprint density at radius 2 is 1.75 bits per heavy atom. The average Bonchev–Trinajstić information content (AvgIpc) is 3.32. The van der Waals surface area contributed by atoms with E-state index in [1.54, 1.807) is 13.3 Å². The van der Waals surface area contributed by atoms with E-state index < -0.39 is 0 Å². The number of methoxy groups -OCH3 is 1. The average molecular weight is 425 g/mol. The molecule has 0 radical (unpaired) electrons. The summed E-state index contributed by atoms with van der Waals surface area (Å²) in [5, 5.41) is 11.0. The molecule has 1 aromatic heterocycles. The highest BCUT2D eigenvalue weighted by atomic mass is 16.5. The highest BCUT2D eigenvalue weighted by molar-refractivity contribution is 6.01. The van der Waals surface area contributed by atoms with Gasteiger partial charge in [0.25, 0.3) is 5.91 Å². The number of nitrogens with one attached hydrogen (secondary N) is 2. The van der Waals surface area contributed by atoms with E-state index in [0.717, 1.165) is 33.8 Å². The van der Waals surface area contributed by atoms with Crippen molar-refractivity contribution in [2.45, 2.75) is 19.6 Å². The molecule has 2 heterocycles. The quantitative estimate of drug-likeness (QED) is 0.464. The molecule has 4 aromatic rings. The van der Waals surface area contributed by atoms with E-state index in [2.05, 4.69) is 46.7 Å². The van der Waals surface area contributed by atoms with E-state index in [1.807, 2.05) is 53.4 Å². The Balaban J connectivity index is 1.57. The van der Waals surface area contributed by atoms with Crippen molar-refractivity contribution in [3.05, 3.63) is 101 Å². The number of anilines is 1. The molecular weight excluding hydrogens is 400 g/mol. The van der Waals surface area contributed by atoms with E-state index in [4.69, 9.17) is 4.74 Å². The minimum absolute atomic E-state index is 0.00759. The maximum Gasteiger partial charge on any atom is 0.258 e. The molecule has 0 saturated carbocycles. The van der Waals surface area contributed by atoms with Gasteiger partial charge in [-0.05, 0) is 48.9 Å². The Labute approximate surface area is 186 Å². The molecule has 1 amide bonds. The number of fused-ring (bicyclic) bond motifs is 1. The molecule has 1 atom stereocenters. The van der Waals surface area contributed by atoms with Crippen LogP contribution in [0.2, 0.25) is 0 Å². The molecule has 1 aliphatic rings. The molecular formula is C26H24N4O2. The molecule has 3 aromatic carbocycles. The Kier molecular flexibility index (Phi) is 5.11. The van der Waals surface area contributed by atoms with Gasteiger partial charge >= 0.3 is 0 Å². The van der Waals surface area contributed by atoms with Crippen LogP contribution in [0.25, 0.3) is 11.3 Å². The van der Waals surface area contributed by atoms with Crippen molar-refractivity contribution in [3.8, 4) is 17.0 Å². The van der Waals surface area contributed by atoms with Crippen LogP contribution in [0.5, 0.6) is 5.75 Å². The third-order valence-electron chi connectivity index (χ3n) is 5.84. The van der Waals surface area contributed by atoms with Gasteiger partial charge in [-0.3, -0.25) is 9.89 Å². The smallest absolute Gasteiger partial charge is 0.258 e. The lowest BCUT2D eigenvalue weighted by Crippen LogP contribution is -2.42. The van der Waals surface area contributed by atoms with Gasteiger partial charge in [-0.1, -0.05) is 42.0 Å². The summed E-state index contributed by atoms with van der Waals surface area (Å²) in [6.45, 7) is 2.54. The van der Waals surface area contributed by atoms with E-state index >= 15 is 0 Å². The molecule has 2 N–H and O–H groups in total. The number of aryl methyl sites for hydroxylation is 1. The van der Waals surface area contributed by atoms with E-state index in [0.29, 0.717) is 12.1 Å². The van der Waals surface area contributed by atoms with Gasteiger partial charge in [0.15, 0.2) is 0 Å². The summed E-state index contributed by atoms with van der Waals surface area (Å²) in [5.41, 5.74) is 6.51. The molecule has 0 aliphatic carbocycles. The van der Waals surface area contributed by atoms with Crippen molar-refractivity contribution in [2.24, 2.45) is 0 Å². The topological polar surface area (TPSA) is 70.2 Å². The zero-order chi connectivity index (χ0) is 22.1. The number of hydrogen-bond acceptors (Lipinski definition) is 4. The molecule has 0 bridgehead atoms. The fraction of sp³-hybridized carbons (Fsp3) is 0.154. The summed E-state index contributed by atoms with van der Waals surface area (Å²) in [7, 11) is 1.65. The first-order valence-corrected chi connectivity index (χ1v) is 10.5. The second kappa shape index (κ2) is 8.23. The fourth-order valence-corrected chi connectivity index (χ4v) is 4.08. The van der Waals surface area contributed by atoms with E-state index in [1.165, 1.54) is 5.56 Å².